The number of nitrogens with one attached hydrogen (secondary N) is 1. The van der Waals surface area contributed by atoms with Crippen molar-refractivity contribution in [2.45, 2.75) is 11.4 Å². The molecule has 0 saturated heterocycles. The minimum Gasteiger partial charge on any atom is -0.369 e. The Morgan fingerprint density at radius 1 is 1.14 bits per heavy atom. The smallest absolute Gasteiger partial charge is 0.256 e. The fourth-order valence-corrected chi connectivity index (χ4v) is 3.68. The van der Waals surface area contributed by atoms with Crippen LogP contribution in [-0.4, -0.2) is 47.7 Å². The fraction of sp³-hybridized carbons (Fsp3) is 0.238. The summed E-state index contributed by atoms with van der Waals surface area (Å²) in [6.07, 6.45) is 2.07. The summed E-state index contributed by atoms with van der Waals surface area (Å²) in [5, 5.41) is 4.10. The van der Waals surface area contributed by atoms with Crippen LogP contribution in [0.5, 0.6) is 0 Å². The molecule has 0 aliphatic rings. The van der Waals surface area contributed by atoms with Gasteiger partial charge in [0.2, 0.25) is 5.91 Å². The van der Waals surface area contributed by atoms with Crippen LogP contribution in [0.25, 0.3) is 10.9 Å². The van der Waals surface area contributed by atoms with E-state index in [1.165, 1.54) is 11.8 Å². The Morgan fingerprint density at radius 3 is 2.68 bits per heavy atom. The first-order valence-electron chi connectivity index (χ1n) is 8.99. The van der Waals surface area contributed by atoms with Gasteiger partial charge in [-0.25, -0.2) is 0 Å². The molecule has 6 nitrogen and oxygen atoms in total. The normalized spacial score (nSPS) is 11.1. The monoisotopic (exact) mass is 396 g/mol. The van der Waals surface area contributed by atoms with Gasteiger partial charge < -0.3 is 20.5 Å². The third kappa shape index (κ3) is 4.94. The second kappa shape index (κ2) is 8.95. The van der Waals surface area contributed by atoms with E-state index in [-0.39, 0.29) is 11.7 Å². The standard InChI is InChI=1S/C21H24N4O2S/c1-24(2)11-12-25-10-9-15-7-8-16(13-18(15)25)23-21(27)17-5-3-4-6-19(17)28-14-20(22)26/h3-10,13H,11-12,14H2,1-2H3,(H2,22,26)(H,23,27). The van der Waals surface area contributed by atoms with Crippen molar-refractivity contribution in [3.63, 3.8) is 0 Å². The first kappa shape index (κ1) is 20.0. The van der Waals surface area contributed by atoms with Crippen molar-refractivity contribution in [3.8, 4) is 0 Å². The molecule has 28 heavy (non-hydrogen) atoms. The predicted molar refractivity (Wildman–Crippen MR) is 115 cm³/mol. The summed E-state index contributed by atoms with van der Waals surface area (Å²) in [5.41, 5.74) is 7.56. The molecule has 0 spiro atoms. The number of rotatable bonds is 8. The molecule has 0 fully saturated rings. The maximum Gasteiger partial charge on any atom is 0.256 e. The predicted octanol–water partition coefficient (Wildman–Crippen LogP) is 3.03. The maximum absolute atomic E-state index is 12.8. The molecule has 7 heteroatoms. The lowest BCUT2D eigenvalue weighted by Gasteiger charge is -2.12. The summed E-state index contributed by atoms with van der Waals surface area (Å²) in [5.74, 6) is -0.488. The molecule has 2 amide bonds. The molecule has 0 atom stereocenters. The van der Waals surface area contributed by atoms with Gasteiger partial charge in [-0.1, -0.05) is 18.2 Å². The molecule has 0 aliphatic carbocycles. The molecule has 146 valence electrons. The first-order chi connectivity index (χ1) is 13.4. The van der Waals surface area contributed by atoms with Crippen LogP contribution in [0.4, 0.5) is 5.69 Å². The second-order valence-corrected chi connectivity index (χ2v) is 7.81. The molecular formula is C21H24N4O2S. The van der Waals surface area contributed by atoms with E-state index in [0.29, 0.717) is 5.56 Å². The number of hydrogen-bond acceptors (Lipinski definition) is 4. The number of amides is 2. The van der Waals surface area contributed by atoms with Crippen LogP contribution in [0.1, 0.15) is 10.4 Å². The summed E-state index contributed by atoms with van der Waals surface area (Å²) < 4.78 is 2.18. The highest BCUT2D eigenvalue weighted by atomic mass is 32.2. The lowest BCUT2D eigenvalue weighted by Crippen LogP contribution is -2.18. The van der Waals surface area contributed by atoms with Crippen molar-refractivity contribution < 1.29 is 9.59 Å². The number of hydrogen-bond donors (Lipinski definition) is 2. The fourth-order valence-electron chi connectivity index (χ4n) is 2.89. The van der Waals surface area contributed by atoms with E-state index in [4.69, 9.17) is 5.73 Å². The van der Waals surface area contributed by atoms with E-state index in [1.807, 2.05) is 44.4 Å². The van der Waals surface area contributed by atoms with Crippen LogP contribution in [0.3, 0.4) is 0 Å². The maximum atomic E-state index is 12.8. The highest BCUT2D eigenvalue weighted by Crippen LogP contribution is 2.25. The van der Waals surface area contributed by atoms with Gasteiger partial charge in [0.25, 0.3) is 5.91 Å². The number of aromatic nitrogens is 1. The molecule has 1 heterocycles. The zero-order valence-electron chi connectivity index (χ0n) is 16.0. The van der Waals surface area contributed by atoms with Gasteiger partial charge in [0.05, 0.1) is 16.8 Å². The van der Waals surface area contributed by atoms with E-state index in [2.05, 4.69) is 27.0 Å². The number of primary amides is 1. The van der Waals surface area contributed by atoms with Gasteiger partial charge >= 0.3 is 0 Å². The Kier molecular flexibility index (Phi) is 6.38. The van der Waals surface area contributed by atoms with Gasteiger partial charge in [-0.2, -0.15) is 0 Å². The molecule has 0 radical (unpaired) electrons. The van der Waals surface area contributed by atoms with E-state index < -0.39 is 5.91 Å². The third-order valence-corrected chi connectivity index (χ3v) is 5.42. The third-order valence-electron chi connectivity index (χ3n) is 4.32. The number of likely N-dealkylation sites (N-methyl/N-ethyl adjacent to an activating group) is 1. The molecule has 0 aliphatic heterocycles. The van der Waals surface area contributed by atoms with Gasteiger partial charge in [-0.15, -0.1) is 11.8 Å². The van der Waals surface area contributed by atoms with Crippen LogP contribution in [0.2, 0.25) is 0 Å². The van der Waals surface area contributed by atoms with Crippen molar-refractivity contribution in [3.05, 3.63) is 60.3 Å². The highest BCUT2D eigenvalue weighted by molar-refractivity contribution is 8.00. The van der Waals surface area contributed by atoms with E-state index >= 15 is 0 Å². The van der Waals surface area contributed by atoms with Gasteiger partial charge in [0.1, 0.15) is 0 Å². The number of thioether (sulfide) groups is 1. The molecule has 0 unspecified atom stereocenters. The highest BCUT2D eigenvalue weighted by Gasteiger charge is 2.13. The summed E-state index contributed by atoms with van der Waals surface area (Å²) in [6.45, 7) is 1.81. The summed E-state index contributed by atoms with van der Waals surface area (Å²) >= 11 is 1.27. The Bertz CT molecular complexity index is 997. The molecular weight excluding hydrogens is 372 g/mol. The zero-order valence-corrected chi connectivity index (χ0v) is 16.8. The quantitative estimate of drug-likeness (QED) is 0.574. The van der Waals surface area contributed by atoms with Crippen molar-refractivity contribution in [2.75, 3.05) is 31.7 Å². The number of fused-ring (bicyclic) bond motifs is 1. The van der Waals surface area contributed by atoms with Gasteiger partial charge in [-0.3, -0.25) is 9.59 Å². The molecule has 0 bridgehead atoms. The van der Waals surface area contributed by atoms with Crippen molar-refractivity contribution in [2.24, 2.45) is 5.73 Å². The molecule has 0 saturated carbocycles. The average molecular weight is 397 g/mol. The topological polar surface area (TPSA) is 80.4 Å². The molecule has 3 aromatic rings. The summed E-state index contributed by atoms with van der Waals surface area (Å²) in [4.78, 5) is 26.7. The van der Waals surface area contributed by atoms with Crippen molar-refractivity contribution in [1.29, 1.82) is 0 Å². The number of benzene rings is 2. The van der Waals surface area contributed by atoms with E-state index in [0.717, 1.165) is 34.6 Å². The van der Waals surface area contributed by atoms with Crippen LogP contribution < -0.4 is 11.1 Å². The zero-order chi connectivity index (χ0) is 20.1. The number of nitrogens with two attached hydrogens (primary N) is 1. The van der Waals surface area contributed by atoms with Crippen LogP contribution in [0, 0.1) is 0 Å². The van der Waals surface area contributed by atoms with Crippen molar-refractivity contribution >= 4 is 40.2 Å². The van der Waals surface area contributed by atoms with Gasteiger partial charge in [0, 0.05) is 29.9 Å². The van der Waals surface area contributed by atoms with Crippen LogP contribution >= 0.6 is 11.8 Å². The largest absolute Gasteiger partial charge is 0.369 e. The lowest BCUT2D eigenvalue weighted by molar-refractivity contribution is -0.115. The second-order valence-electron chi connectivity index (χ2n) is 6.79. The Balaban J connectivity index is 1.80. The average Bonchev–Trinajstić information content (AvgIpc) is 3.07. The van der Waals surface area contributed by atoms with E-state index in [1.54, 1.807) is 12.1 Å². The molecule has 3 rings (SSSR count). The Hall–Kier alpha value is -2.77. The summed E-state index contributed by atoms with van der Waals surface area (Å²) in [6, 6.07) is 15.2. The lowest BCUT2D eigenvalue weighted by atomic mass is 10.2. The van der Waals surface area contributed by atoms with Gasteiger partial charge in [-0.05, 0) is 49.8 Å². The first-order valence-corrected chi connectivity index (χ1v) is 9.97. The number of carbonyl (C=O) groups excluding carboxylic acids is 2. The molecule has 2 aromatic carbocycles. The van der Waals surface area contributed by atoms with Gasteiger partial charge in [0.15, 0.2) is 0 Å². The summed E-state index contributed by atoms with van der Waals surface area (Å²) in [7, 11) is 4.09. The number of nitrogens with zero attached hydrogens (tertiary/aromatic N) is 2. The van der Waals surface area contributed by atoms with E-state index in [9.17, 15) is 9.59 Å². The Morgan fingerprint density at radius 2 is 1.93 bits per heavy atom. The molecule has 1 aromatic heterocycles. The Labute approximate surface area is 168 Å². The van der Waals surface area contributed by atoms with Crippen molar-refractivity contribution in [1.82, 2.24) is 9.47 Å². The van der Waals surface area contributed by atoms with Crippen LogP contribution in [0.15, 0.2) is 59.6 Å². The minimum atomic E-state index is -0.413. The van der Waals surface area contributed by atoms with Crippen LogP contribution in [-0.2, 0) is 11.3 Å². The molecule has 3 N–H and O–H groups in total. The SMILES string of the molecule is CN(C)CCn1ccc2ccc(NC(=O)c3ccccc3SCC(N)=O)cc21. The minimum absolute atomic E-state index is 0.135. The number of carbonyl (C=O) groups is 2. The number of anilines is 1.